The lowest BCUT2D eigenvalue weighted by atomic mass is 10.3. The first-order chi connectivity index (χ1) is 7.25. The fourth-order valence-electron chi connectivity index (χ4n) is 1.63. The van der Waals surface area contributed by atoms with Crippen LogP contribution in [0.25, 0.3) is 0 Å². The van der Waals surface area contributed by atoms with E-state index in [0.29, 0.717) is 0 Å². The number of ether oxygens (including phenoxy) is 3. The highest BCUT2D eigenvalue weighted by molar-refractivity contribution is 6.08. The second-order valence-electron chi connectivity index (χ2n) is 3.02. The highest BCUT2D eigenvalue weighted by Gasteiger charge is 2.42. The summed E-state index contributed by atoms with van der Waals surface area (Å²) in [5.41, 5.74) is 0. The van der Waals surface area contributed by atoms with Gasteiger partial charge in [-0.15, -0.1) is 5.10 Å². The first-order valence-corrected chi connectivity index (χ1v) is 6.16. The van der Waals surface area contributed by atoms with E-state index in [9.17, 15) is 0 Å². The van der Waals surface area contributed by atoms with Gasteiger partial charge < -0.3 is 14.2 Å². The summed E-state index contributed by atoms with van der Waals surface area (Å²) < 4.78 is 17.7. The first-order valence-electron chi connectivity index (χ1n) is 4.75. The van der Waals surface area contributed by atoms with Crippen molar-refractivity contribution in [2.45, 2.75) is 18.1 Å². The molecular formula is C8H17N3O3Si. The van der Waals surface area contributed by atoms with Gasteiger partial charge in [-0.3, -0.25) is 0 Å². The zero-order chi connectivity index (χ0) is 11.3. The summed E-state index contributed by atoms with van der Waals surface area (Å²) in [6.45, 7) is 0. The quantitative estimate of drug-likeness (QED) is 0.463. The topological polar surface area (TPSA) is 58.4 Å². The van der Waals surface area contributed by atoms with Crippen LogP contribution < -0.4 is 0 Å². The zero-order valence-electron chi connectivity index (χ0n) is 9.51. The molecule has 0 amide bonds. The molecule has 1 aromatic rings. The molecule has 1 rings (SSSR count). The third kappa shape index (κ3) is 2.10. The van der Waals surface area contributed by atoms with Crippen molar-refractivity contribution < 1.29 is 14.2 Å². The average Bonchev–Trinajstić information content (AvgIpc) is 2.80. The molecule has 0 aliphatic rings. The van der Waals surface area contributed by atoms with E-state index in [2.05, 4.69) is 10.3 Å². The molecule has 1 aromatic heterocycles. The molecule has 1 unspecified atom stereocenters. The van der Waals surface area contributed by atoms with Crippen LogP contribution in [0.15, 0.2) is 12.4 Å². The van der Waals surface area contributed by atoms with Gasteiger partial charge >= 0.3 is 0 Å². The maximum absolute atomic E-state index is 5.41. The van der Waals surface area contributed by atoms with Crippen molar-refractivity contribution in [1.82, 2.24) is 15.0 Å². The molecule has 1 atom stereocenters. The van der Waals surface area contributed by atoms with E-state index in [1.165, 1.54) is 4.68 Å². The molecule has 0 radical (unpaired) electrons. The molecule has 0 aliphatic heterocycles. The van der Waals surface area contributed by atoms with E-state index in [4.69, 9.17) is 14.2 Å². The summed E-state index contributed by atoms with van der Waals surface area (Å²) in [4.78, 5) is 0. The van der Waals surface area contributed by atoms with Gasteiger partial charge in [-0.25, -0.2) is 0 Å². The number of hydrogen-bond donors (Lipinski definition) is 0. The van der Waals surface area contributed by atoms with Crippen molar-refractivity contribution in [1.29, 1.82) is 0 Å². The fraction of sp³-hybridized carbons (Fsp3) is 0.750. The molecular weight excluding hydrogens is 214 g/mol. The van der Waals surface area contributed by atoms with Crippen LogP contribution in [0.1, 0.15) is 0 Å². The Labute approximate surface area is 91.9 Å². The van der Waals surface area contributed by atoms with Crippen LogP contribution in [0.2, 0.25) is 6.04 Å². The molecule has 0 spiro atoms. The number of methoxy groups -OCH3 is 3. The molecule has 7 heteroatoms. The van der Waals surface area contributed by atoms with E-state index in [1.807, 2.05) is 0 Å². The van der Waals surface area contributed by atoms with E-state index < -0.39 is 5.91 Å². The van der Waals surface area contributed by atoms with Crippen molar-refractivity contribution in [2.75, 3.05) is 21.3 Å². The molecule has 0 fully saturated rings. The number of nitrogens with zero attached hydrogens (tertiary/aromatic N) is 3. The lowest BCUT2D eigenvalue weighted by Gasteiger charge is -2.35. The Morgan fingerprint density at radius 1 is 1.40 bits per heavy atom. The van der Waals surface area contributed by atoms with E-state index in [-0.39, 0.29) is 6.10 Å². The highest BCUT2D eigenvalue weighted by atomic mass is 28.1. The molecule has 1 heterocycles. The van der Waals surface area contributed by atoms with Gasteiger partial charge in [-0.05, 0) is 6.04 Å². The van der Waals surface area contributed by atoms with Gasteiger partial charge in [-0.1, -0.05) is 5.21 Å². The molecule has 86 valence electrons. The fourth-order valence-corrected chi connectivity index (χ4v) is 2.48. The van der Waals surface area contributed by atoms with E-state index in [1.54, 1.807) is 33.7 Å². The van der Waals surface area contributed by atoms with Crippen LogP contribution in [0.4, 0.5) is 0 Å². The summed E-state index contributed by atoms with van der Waals surface area (Å²) in [5.74, 6) is -1.02. The molecule has 0 aromatic carbocycles. The largest absolute Gasteiger partial charge is 0.374 e. The van der Waals surface area contributed by atoms with Crippen LogP contribution in [0.3, 0.4) is 0 Å². The normalized spacial score (nSPS) is 14.3. The first kappa shape index (κ1) is 12.3. The number of aromatic nitrogens is 3. The molecule has 0 N–H and O–H groups in total. The molecule has 0 aliphatic carbocycles. The van der Waals surface area contributed by atoms with Crippen molar-refractivity contribution in [2.24, 2.45) is 0 Å². The molecule has 0 bridgehead atoms. The predicted octanol–water partition coefficient (Wildman–Crippen LogP) is -1.02. The Kier molecular flexibility index (Phi) is 4.39. The molecule has 0 saturated heterocycles. The van der Waals surface area contributed by atoms with Crippen molar-refractivity contribution >= 4 is 10.2 Å². The Morgan fingerprint density at radius 3 is 2.40 bits per heavy atom. The SMILES string of the molecule is COC(C[SiH3])C(OC)(OC)n1ccnn1. The molecule has 0 saturated carbocycles. The van der Waals surface area contributed by atoms with Crippen LogP contribution in [0.5, 0.6) is 0 Å². The number of hydrogen-bond acceptors (Lipinski definition) is 5. The van der Waals surface area contributed by atoms with Crippen molar-refractivity contribution in [3.8, 4) is 0 Å². The van der Waals surface area contributed by atoms with Gasteiger partial charge in [-0.2, -0.15) is 4.68 Å². The van der Waals surface area contributed by atoms with Crippen molar-refractivity contribution in [3.05, 3.63) is 12.4 Å². The maximum atomic E-state index is 5.41. The standard InChI is InChI=1S/C8H17N3O3Si/c1-12-7(6-15)8(13-2,14-3)11-5-4-9-10-11/h4-5,7H,6H2,1-3,15H3. The third-order valence-electron chi connectivity index (χ3n) is 2.39. The highest BCUT2D eigenvalue weighted by Crippen LogP contribution is 2.25. The maximum Gasteiger partial charge on any atom is 0.298 e. The summed E-state index contributed by atoms with van der Waals surface area (Å²) in [6, 6.07) is 0.873. The van der Waals surface area contributed by atoms with Gasteiger partial charge in [0.1, 0.15) is 6.10 Å². The molecule has 15 heavy (non-hydrogen) atoms. The van der Waals surface area contributed by atoms with Crippen LogP contribution >= 0.6 is 0 Å². The summed E-state index contributed by atoms with van der Waals surface area (Å²) >= 11 is 0. The van der Waals surface area contributed by atoms with Crippen LogP contribution in [-0.2, 0) is 20.1 Å². The molecule has 6 nitrogen and oxygen atoms in total. The zero-order valence-corrected chi connectivity index (χ0v) is 11.5. The van der Waals surface area contributed by atoms with Gasteiger partial charge in [0.15, 0.2) is 0 Å². The summed E-state index contributed by atoms with van der Waals surface area (Å²) in [7, 11) is 5.74. The summed E-state index contributed by atoms with van der Waals surface area (Å²) in [6.07, 6.45) is 3.07. The number of rotatable bonds is 6. The second-order valence-corrected chi connectivity index (χ2v) is 3.84. The van der Waals surface area contributed by atoms with Gasteiger partial charge in [0.25, 0.3) is 5.91 Å². The Morgan fingerprint density at radius 2 is 2.07 bits per heavy atom. The van der Waals surface area contributed by atoms with Gasteiger partial charge in [0.05, 0.1) is 12.4 Å². The van der Waals surface area contributed by atoms with Crippen molar-refractivity contribution in [3.63, 3.8) is 0 Å². The van der Waals surface area contributed by atoms with E-state index >= 15 is 0 Å². The minimum absolute atomic E-state index is 0.194. The third-order valence-corrected chi connectivity index (χ3v) is 3.13. The lowest BCUT2D eigenvalue weighted by molar-refractivity contribution is -0.321. The van der Waals surface area contributed by atoms with Crippen LogP contribution in [0, 0.1) is 0 Å². The van der Waals surface area contributed by atoms with Gasteiger partial charge in [0, 0.05) is 31.6 Å². The smallest absolute Gasteiger partial charge is 0.298 e. The van der Waals surface area contributed by atoms with Crippen LogP contribution in [-0.4, -0.2) is 52.7 Å². The summed E-state index contributed by atoms with van der Waals surface area (Å²) in [5, 5.41) is 7.64. The average molecular weight is 231 g/mol. The Bertz CT molecular complexity index is 273. The monoisotopic (exact) mass is 231 g/mol. The Hall–Kier alpha value is -0.763. The Balaban J connectivity index is 3.06. The lowest BCUT2D eigenvalue weighted by Crippen LogP contribution is -2.49. The van der Waals surface area contributed by atoms with Gasteiger partial charge in [0.2, 0.25) is 0 Å². The predicted molar refractivity (Wildman–Crippen MR) is 57.6 cm³/mol. The second kappa shape index (κ2) is 5.36. The minimum atomic E-state index is -1.02. The van der Waals surface area contributed by atoms with E-state index in [0.717, 1.165) is 16.3 Å². The minimum Gasteiger partial charge on any atom is -0.374 e.